The first kappa shape index (κ1) is 13.2. The molecule has 1 aliphatic carbocycles. The van der Waals surface area contributed by atoms with E-state index in [2.05, 4.69) is 14.7 Å². The Labute approximate surface area is 129 Å². The summed E-state index contributed by atoms with van der Waals surface area (Å²) >= 11 is 2.83. The van der Waals surface area contributed by atoms with Gasteiger partial charge in [0, 0.05) is 4.88 Å². The van der Waals surface area contributed by atoms with Gasteiger partial charge in [0.05, 0.1) is 5.39 Å². The van der Waals surface area contributed by atoms with Crippen molar-refractivity contribution >= 4 is 48.7 Å². The van der Waals surface area contributed by atoms with Crippen molar-refractivity contribution in [1.82, 2.24) is 9.97 Å². The molecule has 108 valence electrons. The van der Waals surface area contributed by atoms with E-state index in [-0.39, 0.29) is 0 Å². The van der Waals surface area contributed by atoms with Gasteiger partial charge in [-0.15, -0.1) is 22.7 Å². The maximum Gasteiger partial charge on any atom is 0.272 e. The Hall–Kier alpha value is -1.51. The summed E-state index contributed by atoms with van der Waals surface area (Å²) in [6.45, 7) is 0. The van der Waals surface area contributed by atoms with Crippen LogP contribution in [0.3, 0.4) is 0 Å². The monoisotopic (exact) mass is 337 g/mol. The molecule has 3 aromatic heterocycles. The predicted molar refractivity (Wildman–Crippen MR) is 84.6 cm³/mol. The summed E-state index contributed by atoms with van der Waals surface area (Å²) in [5.74, 6) is 0.396. The fraction of sp³-hybridized carbons (Fsp3) is 0.231. The number of thiophene rings is 2. The second-order valence-corrected chi connectivity index (χ2v) is 8.74. The molecule has 3 aromatic rings. The number of nitrogens with one attached hydrogen (secondary N) is 1. The molecule has 0 saturated heterocycles. The highest BCUT2D eigenvalue weighted by molar-refractivity contribution is 7.94. The van der Waals surface area contributed by atoms with E-state index < -0.39 is 10.0 Å². The van der Waals surface area contributed by atoms with Crippen molar-refractivity contribution in [2.24, 2.45) is 0 Å². The standard InChI is InChI=1S/C13H11N3O2S3/c17-21(18,10-5-2-6-19-10)16-12-11-8-3-1-4-9(8)20-13(11)15-7-14-12/h2,5-7H,1,3-4H2,(H,14,15,16). The lowest BCUT2D eigenvalue weighted by Crippen LogP contribution is -2.13. The molecule has 0 atom stereocenters. The van der Waals surface area contributed by atoms with Crippen LogP contribution in [0, 0.1) is 0 Å². The molecule has 0 spiro atoms. The molecule has 0 unspecified atom stereocenters. The van der Waals surface area contributed by atoms with E-state index in [1.54, 1.807) is 28.8 Å². The third-order valence-corrected chi connectivity index (χ3v) is 7.43. The van der Waals surface area contributed by atoms with Gasteiger partial charge in [-0.05, 0) is 36.3 Å². The summed E-state index contributed by atoms with van der Waals surface area (Å²) in [6, 6.07) is 3.31. The number of fused-ring (bicyclic) bond motifs is 3. The van der Waals surface area contributed by atoms with Gasteiger partial charge in [-0.25, -0.2) is 18.4 Å². The fourth-order valence-corrected chi connectivity index (χ4v) is 5.84. The van der Waals surface area contributed by atoms with E-state index in [0.717, 1.165) is 29.5 Å². The Morgan fingerprint density at radius 1 is 1.24 bits per heavy atom. The third-order valence-electron chi connectivity index (χ3n) is 3.49. The first-order chi connectivity index (χ1) is 10.1. The molecular formula is C13H11N3O2S3. The van der Waals surface area contributed by atoms with Crippen molar-refractivity contribution in [3.8, 4) is 0 Å². The number of nitrogens with zero attached hydrogens (tertiary/aromatic N) is 2. The Morgan fingerprint density at radius 3 is 2.95 bits per heavy atom. The molecule has 0 saturated carbocycles. The molecule has 1 aliphatic rings. The van der Waals surface area contributed by atoms with Crippen LogP contribution in [0.2, 0.25) is 0 Å². The highest BCUT2D eigenvalue weighted by Crippen LogP contribution is 2.39. The summed E-state index contributed by atoms with van der Waals surface area (Å²) in [4.78, 5) is 10.6. The first-order valence-corrected chi connectivity index (χ1v) is 9.65. The molecule has 0 bridgehead atoms. The van der Waals surface area contributed by atoms with Crippen molar-refractivity contribution in [2.75, 3.05) is 4.72 Å². The number of aryl methyl sites for hydroxylation is 2. The highest BCUT2D eigenvalue weighted by atomic mass is 32.2. The topological polar surface area (TPSA) is 72.0 Å². The van der Waals surface area contributed by atoms with Gasteiger partial charge in [0.15, 0.2) is 5.82 Å². The second kappa shape index (κ2) is 4.75. The van der Waals surface area contributed by atoms with Gasteiger partial charge in [0.25, 0.3) is 10.0 Å². The minimum atomic E-state index is -3.57. The molecule has 0 aromatic carbocycles. The van der Waals surface area contributed by atoms with Crippen LogP contribution >= 0.6 is 22.7 Å². The average Bonchev–Trinajstić information content (AvgIpc) is 3.15. The highest BCUT2D eigenvalue weighted by Gasteiger charge is 2.24. The fourth-order valence-electron chi connectivity index (χ4n) is 2.60. The number of aromatic nitrogens is 2. The van der Waals surface area contributed by atoms with E-state index in [4.69, 9.17) is 0 Å². The van der Waals surface area contributed by atoms with Gasteiger partial charge in [-0.2, -0.15) is 0 Å². The Balaban J connectivity index is 1.84. The normalized spacial score (nSPS) is 14.5. The van der Waals surface area contributed by atoms with Gasteiger partial charge < -0.3 is 0 Å². The second-order valence-electron chi connectivity index (χ2n) is 4.80. The molecule has 3 heterocycles. The van der Waals surface area contributed by atoms with Crippen molar-refractivity contribution in [1.29, 1.82) is 0 Å². The van der Waals surface area contributed by atoms with Gasteiger partial charge >= 0.3 is 0 Å². The zero-order valence-electron chi connectivity index (χ0n) is 10.9. The van der Waals surface area contributed by atoms with E-state index in [1.807, 2.05) is 0 Å². The molecule has 5 nitrogen and oxygen atoms in total. The van der Waals surface area contributed by atoms with Crippen molar-refractivity contribution in [2.45, 2.75) is 23.5 Å². The Morgan fingerprint density at radius 2 is 2.14 bits per heavy atom. The lowest BCUT2D eigenvalue weighted by Gasteiger charge is -2.07. The predicted octanol–water partition coefficient (Wildman–Crippen LogP) is 3.04. The molecule has 4 rings (SSSR count). The summed E-state index contributed by atoms with van der Waals surface area (Å²) in [6.07, 6.45) is 4.55. The van der Waals surface area contributed by atoms with E-state index in [9.17, 15) is 8.42 Å². The smallest absolute Gasteiger partial charge is 0.262 e. The lowest BCUT2D eigenvalue weighted by molar-refractivity contribution is 0.603. The molecule has 0 fully saturated rings. The van der Waals surface area contributed by atoms with Gasteiger partial charge in [-0.1, -0.05) is 6.07 Å². The number of hydrogen-bond donors (Lipinski definition) is 1. The van der Waals surface area contributed by atoms with Crippen LogP contribution < -0.4 is 4.72 Å². The molecule has 0 aliphatic heterocycles. The molecule has 0 amide bonds. The SMILES string of the molecule is O=S(=O)(Nc1ncnc2sc3c(c12)CCC3)c1cccs1. The van der Waals surface area contributed by atoms with Gasteiger partial charge in [-0.3, -0.25) is 4.72 Å². The van der Waals surface area contributed by atoms with Crippen LogP contribution in [0.25, 0.3) is 10.2 Å². The maximum atomic E-state index is 12.4. The van der Waals surface area contributed by atoms with E-state index in [1.165, 1.54) is 28.1 Å². The van der Waals surface area contributed by atoms with Crippen LogP contribution in [0.15, 0.2) is 28.0 Å². The van der Waals surface area contributed by atoms with E-state index in [0.29, 0.717) is 10.0 Å². The Bertz CT molecular complexity index is 914. The quantitative estimate of drug-likeness (QED) is 0.797. The minimum Gasteiger partial charge on any atom is -0.262 e. The van der Waals surface area contributed by atoms with E-state index >= 15 is 0 Å². The Kier molecular flexibility index (Phi) is 2.98. The van der Waals surface area contributed by atoms with Crippen LogP contribution in [-0.4, -0.2) is 18.4 Å². The number of anilines is 1. The zero-order chi connectivity index (χ0) is 14.4. The summed E-state index contributed by atoms with van der Waals surface area (Å²) < 4.78 is 27.7. The molecule has 8 heteroatoms. The van der Waals surface area contributed by atoms with Crippen LogP contribution in [0.1, 0.15) is 16.9 Å². The summed E-state index contributed by atoms with van der Waals surface area (Å²) in [5, 5.41) is 2.61. The van der Waals surface area contributed by atoms with Crippen molar-refractivity contribution in [3.05, 3.63) is 34.3 Å². The first-order valence-electron chi connectivity index (χ1n) is 6.47. The average molecular weight is 337 g/mol. The van der Waals surface area contributed by atoms with Crippen LogP contribution in [-0.2, 0) is 22.9 Å². The number of rotatable bonds is 3. The largest absolute Gasteiger partial charge is 0.272 e. The molecular weight excluding hydrogens is 326 g/mol. The van der Waals surface area contributed by atoms with Crippen molar-refractivity contribution in [3.63, 3.8) is 0 Å². The summed E-state index contributed by atoms with van der Waals surface area (Å²) in [7, 11) is -3.57. The summed E-state index contributed by atoms with van der Waals surface area (Å²) in [5.41, 5.74) is 1.21. The molecule has 0 radical (unpaired) electrons. The maximum absolute atomic E-state index is 12.4. The lowest BCUT2D eigenvalue weighted by atomic mass is 10.2. The third kappa shape index (κ3) is 2.14. The zero-order valence-corrected chi connectivity index (χ0v) is 13.3. The molecule has 21 heavy (non-hydrogen) atoms. The van der Waals surface area contributed by atoms with Gasteiger partial charge in [0.1, 0.15) is 15.4 Å². The van der Waals surface area contributed by atoms with Gasteiger partial charge in [0.2, 0.25) is 0 Å². The number of sulfonamides is 1. The van der Waals surface area contributed by atoms with Crippen molar-refractivity contribution < 1.29 is 8.42 Å². The minimum absolute atomic E-state index is 0.293. The van der Waals surface area contributed by atoms with Crippen LogP contribution in [0.5, 0.6) is 0 Å². The van der Waals surface area contributed by atoms with Crippen LogP contribution in [0.4, 0.5) is 5.82 Å². The number of hydrogen-bond acceptors (Lipinski definition) is 6. The molecule has 1 N–H and O–H groups in total.